The van der Waals surface area contributed by atoms with Crippen LogP contribution >= 0.6 is 0 Å². The van der Waals surface area contributed by atoms with Crippen LogP contribution in [-0.2, 0) is 9.84 Å². The Bertz CT molecular complexity index is 1050. The van der Waals surface area contributed by atoms with Crippen molar-refractivity contribution in [1.82, 2.24) is 19.8 Å². The summed E-state index contributed by atoms with van der Waals surface area (Å²) < 4.78 is 30.3. The lowest BCUT2D eigenvalue weighted by atomic mass is 9.93. The first-order chi connectivity index (χ1) is 14.7. The van der Waals surface area contributed by atoms with Gasteiger partial charge in [0.1, 0.15) is 10.7 Å². The summed E-state index contributed by atoms with van der Waals surface area (Å²) in [5.74, 6) is 1.46. The zero-order chi connectivity index (χ0) is 22.2. The van der Waals surface area contributed by atoms with Crippen LogP contribution in [0.3, 0.4) is 0 Å². The maximum absolute atomic E-state index is 12.7. The number of amides is 1. The van der Waals surface area contributed by atoms with E-state index in [9.17, 15) is 13.2 Å². The molecule has 0 aliphatic carbocycles. The zero-order valence-corrected chi connectivity index (χ0v) is 19.1. The molecule has 2 fully saturated rings. The van der Waals surface area contributed by atoms with Crippen LogP contribution in [0, 0.1) is 6.92 Å². The monoisotopic (exact) mass is 447 g/mol. The van der Waals surface area contributed by atoms with E-state index in [1.807, 2.05) is 6.92 Å². The van der Waals surface area contributed by atoms with Gasteiger partial charge in [0.05, 0.1) is 11.9 Å². The van der Waals surface area contributed by atoms with Gasteiger partial charge in [0, 0.05) is 51.4 Å². The molecule has 31 heavy (non-hydrogen) atoms. The number of piperidine rings is 1. The number of sulfone groups is 1. The Labute approximate surface area is 183 Å². The molecule has 0 spiro atoms. The van der Waals surface area contributed by atoms with Crippen LogP contribution in [0.1, 0.15) is 40.8 Å². The Kier molecular flexibility index (Phi) is 6.02. The molecule has 168 valence electrons. The average molecular weight is 448 g/mol. The van der Waals surface area contributed by atoms with E-state index in [0.717, 1.165) is 26.2 Å². The van der Waals surface area contributed by atoms with Gasteiger partial charge in [-0.15, -0.1) is 0 Å². The van der Waals surface area contributed by atoms with Crippen molar-refractivity contribution in [3.8, 4) is 0 Å². The molecule has 2 aromatic rings. The highest BCUT2D eigenvalue weighted by Gasteiger charge is 2.31. The van der Waals surface area contributed by atoms with Crippen molar-refractivity contribution in [3.63, 3.8) is 0 Å². The number of likely N-dealkylation sites (N-methyl/N-ethyl adjacent to an activating group) is 1. The summed E-state index contributed by atoms with van der Waals surface area (Å²) in [4.78, 5) is 28.1. The minimum absolute atomic E-state index is 0.0404. The van der Waals surface area contributed by atoms with Crippen LogP contribution in [0.2, 0.25) is 0 Å². The number of anilines is 1. The van der Waals surface area contributed by atoms with Gasteiger partial charge < -0.3 is 19.1 Å². The molecule has 0 atom stereocenters. The average Bonchev–Trinajstić information content (AvgIpc) is 3.19. The Hall–Kier alpha value is -2.46. The number of nitrogens with zero attached hydrogens (tertiary/aromatic N) is 5. The normalized spacial score (nSPS) is 19.1. The first-order valence-corrected chi connectivity index (χ1v) is 12.5. The fraction of sp³-hybridized carbons (Fsp3) is 0.571. The van der Waals surface area contributed by atoms with E-state index in [4.69, 9.17) is 9.40 Å². The number of piperazine rings is 1. The van der Waals surface area contributed by atoms with E-state index in [0.29, 0.717) is 49.1 Å². The number of aromatic nitrogens is 2. The van der Waals surface area contributed by atoms with Gasteiger partial charge >= 0.3 is 0 Å². The van der Waals surface area contributed by atoms with Crippen LogP contribution in [0.25, 0.3) is 0 Å². The molecule has 2 saturated heterocycles. The fourth-order valence-corrected chi connectivity index (χ4v) is 5.01. The maximum atomic E-state index is 12.7. The summed E-state index contributed by atoms with van der Waals surface area (Å²) in [5.41, 5.74) is 0.576. The molecule has 4 heterocycles. The molecule has 0 aromatic carbocycles. The van der Waals surface area contributed by atoms with E-state index < -0.39 is 9.84 Å². The van der Waals surface area contributed by atoms with Crippen LogP contribution in [0.4, 0.5) is 5.95 Å². The number of likely N-dealkylation sites (tertiary alicyclic amines) is 1. The van der Waals surface area contributed by atoms with E-state index in [1.54, 1.807) is 17.0 Å². The number of carbonyl (C=O) groups excluding carboxylic acids is 1. The second-order valence-corrected chi connectivity index (χ2v) is 10.4. The highest BCUT2D eigenvalue weighted by molar-refractivity contribution is 7.90. The van der Waals surface area contributed by atoms with Crippen molar-refractivity contribution in [1.29, 1.82) is 0 Å². The lowest BCUT2D eigenvalue weighted by molar-refractivity contribution is 0.0677. The zero-order valence-electron chi connectivity index (χ0n) is 18.2. The summed E-state index contributed by atoms with van der Waals surface area (Å²) in [6, 6.07) is 3.47. The second kappa shape index (κ2) is 8.58. The molecule has 2 aliphatic heterocycles. The third-order valence-electron chi connectivity index (χ3n) is 6.08. The molecule has 0 radical (unpaired) electrons. The van der Waals surface area contributed by atoms with Gasteiger partial charge in [-0.3, -0.25) is 4.79 Å². The molecule has 9 nitrogen and oxygen atoms in total. The summed E-state index contributed by atoms with van der Waals surface area (Å²) in [6.45, 7) is 6.31. The topological polar surface area (TPSA) is 99.9 Å². The Balaban J connectivity index is 1.54. The minimum atomic E-state index is -3.46. The minimum Gasteiger partial charge on any atom is -0.456 e. The summed E-state index contributed by atoms with van der Waals surface area (Å²) >= 11 is 0. The molecular formula is C21H29N5O4S. The predicted octanol–water partition coefficient (Wildman–Crippen LogP) is 1.55. The quantitative estimate of drug-likeness (QED) is 0.696. The highest BCUT2D eigenvalue weighted by atomic mass is 32.2. The van der Waals surface area contributed by atoms with E-state index in [-0.39, 0.29) is 16.7 Å². The van der Waals surface area contributed by atoms with Crippen molar-refractivity contribution in [2.24, 2.45) is 0 Å². The largest absolute Gasteiger partial charge is 0.456 e. The first-order valence-electron chi connectivity index (χ1n) is 10.6. The van der Waals surface area contributed by atoms with Crippen molar-refractivity contribution in [3.05, 3.63) is 35.5 Å². The van der Waals surface area contributed by atoms with E-state index in [1.165, 1.54) is 12.5 Å². The third kappa shape index (κ3) is 4.74. The molecular weight excluding hydrogens is 418 g/mol. The van der Waals surface area contributed by atoms with Crippen LogP contribution in [0.5, 0.6) is 0 Å². The standard InChI is InChI=1S/C21H29N5O4S/c1-15-4-5-17(30-15)20(27)25-8-6-16(7-9-25)19-18(31(3,28)29)14-22-21(23-19)26-12-10-24(2)11-13-26/h4-5,14,16H,6-13H2,1-3H3. The fourth-order valence-electron chi connectivity index (χ4n) is 4.17. The van der Waals surface area contributed by atoms with Gasteiger partial charge in [-0.05, 0) is 38.9 Å². The van der Waals surface area contributed by atoms with Gasteiger partial charge in [-0.1, -0.05) is 0 Å². The van der Waals surface area contributed by atoms with Gasteiger partial charge in [-0.2, -0.15) is 0 Å². The van der Waals surface area contributed by atoms with Crippen LogP contribution in [0.15, 0.2) is 27.6 Å². The van der Waals surface area contributed by atoms with Crippen molar-refractivity contribution in [2.45, 2.75) is 30.6 Å². The SMILES string of the molecule is Cc1ccc(C(=O)N2CCC(c3nc(N4CCN(C)CC4)ncc3S(C)(=O)=O)CC2)o1. The molecule has 0 unspecified atom stereocenters. The number of furan rings is 1. The second-order valence-electron chi connectivity index (χ2n) is 8.46. The summed E-state index contributed by atoms with van der Waals surface area (Å²) in [5, 5.41) is 0. The number of hydrogen-bond acceptors (Lipinski definition) is 8. The Morgan fingerprint density at radius 2 is 1.77 bits per heavy atom. The molecule has 10 heteroatoms. The highest BCUT2D eigenvalue weighted by Crippen LogP contribution is 2.32. The molecule has 2 aliphatic rings. The van der Waals surface area contributed by atoms with Crippen LogP contribution < -0.4 is 4.90 Å². The Morgan fingerprint density at radius 3 is 2.35 bits per heavy atom. The molecule has 0 saturated carbocycles. The van der Waals surface area contributed by atoms with Crippen molar-refractivity contribution < 1.29 is 17.6 Å². The summed E-state index contributed by atoms with van der Waals surface area (Å²) in [6.07, 6.45) is 3.94. The number of carbonyl (C=O) groups is 1. The van der Waals surface area contributed by atoms with Crippen molar-refractivity contribution >= 4 is 21.7 Å². The number of hydrogen-bond donors (Lipinski definition) is 0. The lowest BCUT2D eigenvalue weighted by Gasteiger charge is -2.34. The number of aryl methyl sites for hydroxylation is 1. The van der Waals surface area contributed by atoms with Crippen molar-refractivity contribution in [2.75, 3.05) is 57.5 Å². The van der Waals surface area contributed by atoms with Gasteiger partial charge in [0.25, 0.3) is 5.91 Å². The van der Waals surface area contributed by atoms with Gasteiger partial charge in [0.2, 0.25) is 5.95 Å². The van der Waals surface area contributed by atoms with Gasteiger partial charge in [-0.25, -0.2) is 18.4 Å². The predicted molar refractivity (Wildman–Crippen MR) is 116 cm³/mol. The smallest absolute Gasteiger partial charge is 0.289 e. The van der Waals surface area contributed by atoms with Crippen LogP contribution in [-0.4, -0.2) is 86.7 Å². The third-order valence-corrected chi connectivity index (χ3v) is 7.19. The molecule has 4 rings (SSSR count). The number of rotatable bonds is 4. The lowest BCUT2D eigenvalue weighted by Crippen LogP contribution is -2.45. The Morgan fingerprint density at radius 1 is 1.10 bits per heavy atom. The molecule has 1 amide bonds. The molecule has 2 aromatic heterocycles. The van der Waals surface area contributed by atoms with E-state index in [2.05, 4.69) is 21.8 Å². The molecule has 0 bridgehead atoms. The van der Waals surface area contributed by atoms with Gasteiger partial charge in [0.15, 0.2) is 15.6 Å². The maximum Gasteiger partial charge on any atom is 0.289 e. The first kappa shape index (κ1) is 21.8. The van der Waals surface area contributed by atoms with E-state index >= 15 is 0 Å². The molecule has 0 N–H and O–H groups in total. The summed E-state index contributed by atoms with van der Waals surface area (Å²) in [7, 11) is -1.38.